The Balaban J connectivity index is 1.88. The third-order valence-corrected chi connectivity index (χ3v) is 4.86. The minimum absolute atomic E-state index is 0.0479. The zero-order chi connectivity index (χ0) is 14.8. The number of fused-ring (bicyclic) bond motifs is 1. The predicted molar refractivity (Wildman–Crippen MR) is 88.3 cm³/mol. The monoisotopic (exact) mass is 361 g/mol. The molecule has 0 radical (unpaired) electrons. The summed E-state index contributed by atoms with van der Waals surface area (Å²) in [5.74, 6) is 0.791. The van der Waals surface area contributed by atoms with Gasteiger partial charge >= 0.3 is 0 Å². The highest BCUT2D eigenvalue weighted by Crippen LogP contribution is 2.25. The fourth-order valence-corrected chi connectivity index (χ4v) is 3.25. The van der Waals surface area contributed by atoms with Crippen molar-refractivity contribution in [1.82, 2.24) is 4.98 Å². The Labute approximate surface area is 134 Å². The molecule has 0 aliphatic heterocycles. The molecule has 0 atom stereocenters. The van der Waals surface area contributed by atoms with Crippen LogP contribution in [0.3, 0.4) is 0 Å². The first-order valence-electron chi connectivity index (χ1n) is 6.36. The standard InChI is InChI=1S/C16H12BrNO2S/c1-20-12-2-3-13(17)10(6-12)7-15(19)11-8-16-14(18-9-11)4-5-21-16/h2-6,8-9H,7H2,1H3. The van der Waals surface area contributed by atoms with E-state index in [1.165, 1.54) is 0 Å². The normalized spacial score (nSPS) is 10.8. The van der Waals surface area contributed by atoms with Crippen LogP contribution in [-0.2, 0) is 6.42 Å². The summed E-state index contributed by atoms with van der Waals surface area (Å²) in [5, 5.41) is 1.98. The number of methoxy groups -OCH3 is 1. The zero-order valence-electron chi connectivity index (χ0n) is 11.3. The number of hydrogen-bond donors (Lipinski definition) is 0. The molecular formula is C16H12BrNO2S. The summed E-state index contributed by atoms with van der Waals surface area (Å²) in [6, 6.07) is 9.48. The molecule has 3 rings (SSSR count). The molecule has 0 spiro atoms. The van der Waals surface area contributed by atoms with Gasteiger partial charge in [0.2, 0.25) is 0 Å². The van der Waals surface area contributed by atoms with Gasteiger partial charge in [0.15, 0.2) is 5.78 Å². The van der Waals surface area contributed by atoms with Crippen molar-refractivity contribution < 1.29 is 9.53 Å². The number of ether oxygens (including phenoxy) is 1. The molecule has 3 aromatic rings. The van der Waals surface area contributed by atoms with Crippen LogP contribution in [0, 0.1) is 0 Å². The molecule has 0 aliphatic carbocycles. The van der Waals surface area contributed by atoms with Crippen molar-refractivity contribution in [1.29, 1.82) is 0 Å². The van der Waals surface area contributed by atoms with Gasteiger partial charge in [-0.25, -0.2) is 0 Å². The minimum Gasteiger partial charge on any atom is -0.497 e. The lowest BCUT2D eigenvalue weighted by Crippen LogP contribution is -2.04. The molecule has 106 valence electrons. The second-order valence-corrected chi connectivity index (χ2v) is 6.39. The van der Waals surface area contributed by atoms with Gasteiger partial charge in [0.1, 0.15) is 5.75 Å². The summed E-state index contributed by atoms with van der Waals surface area (Å²) >= 11 is 5.06. The van der Waals surface area contributed by atoms with E-state index < -0.39 is 0 Å². The smallest absolute Gasteiger partial charge is 0.168 e. The number of carbonyl (C=O) groups is 1. The van der Waals surface area contributed by atoms with E-state index >= 15 is 0 Å². The molecule has 0 saturated heterocycles. The Bertz CT molecular complexity index is 813. The number of ketones is 1. The number of aromatic nitrogens is 1. The van der Waals surface area contributed by atoms with Crippen molar-refractivity contribution >= 4 is 43.3 Å². The fourth-order valence-electron chi connectivity index (χ4n) is 2.09. The van der Waals surface area contributed by atoms with Crippen LogP contribution in [0.5, 0.6) is 5.75 Å². The number of carbonyl (C=O) groups excluding carboxylic acids is 1. The van der Waals surface area contributed by atoms with Crippen molar-refractivity contribution in [2.24, 2.45) is 0 Å². The third kappa shape index (κ3) is 2.99. The van der Waals surface area contributed by atoms with Crippen molar-refractivity contribution in [3.8, 4) is 5.75 Å². The maximum atomic E-state index is 12.4. The maximum absolute atomic E-state index is 12.4. The molecule has 0 saturated carbocycles. The van der Waals surface area contributed by atoms with Gasteiger partial charge in [0, 0.05) is 22.7 Å². The van der Waals surface area contributed by atoms with E-state index in [4.69, 9.17) is 4.74 Å². The highest BCUT2D eigenvalue weighted by Gasteiger charge is 2.12. The molecule has 5 heteroatoms. The van der Waals surface area contributed by atoms with Crippen LogP contribution in [0.4, 0.5) is 0 Å². The van der Waals surface area contributed by atoms with Crippen molar-refractivity contribution in [3.63, 3.8) is 0 Å². The summed E-state index contributed by atoms with van der Waals surface area (Å²) in [6.07, 6.45) is 1.96. The fraction of sp³-hybridized carbons (Fsp3) is 0.125. The van der Waals surface area contributed by atoms with Crippen molar-refractivity contribution in [2.45, 2.75) is 6.42 Å². The first-order chi connectivity index (χ1) is 10.2. The molecule has 0 fully saturated rings. The topological polar surface area (TPSA) is 39.2 Å². The van der Waals surface area contributed by atoms with Crippen LogP contribution in [0.25, 0.3) is 10.2 Å². The molecule has 2 heterocycles. The van der Waals surface area contributed by atoms with Gasteiger partial charge in [0.25, 0.3) is 0 Å². The molecule has 21 heavy (non-hydrogen) atoms. The third-order valence-electron chi connectivity index (χ3n) is 3.23. The Morgan fingerprint density at radius 3 is 3.00 bits per heavy atom. The van der Waals surface area contributed by atoms with Crippen LogP contribution in [0.15, 0.2) is 46.4 Å². The summed E-state index contributed by atoms with van der Waals surface area (Å²) in [7, 11) is 1.61. The highest BCUT2D eigenvalue weighted by atomic mass is 79.9. The number of hydrogen-bond acceptors (Lipinski definition) is 4. The van der Waals surface area contributed by atoms with Gasteiger partial charge in [-0.2, -0.15) is 0 Å². The van der Waals surface area contributed by atoms with E-state index in [-0.39, 0.29) is 5.78 Å². The first-order valence-corrected chi connectivity index (χ1v) is 8.03. The molecule has 0 bridgehead atoms. The zero-order valence-corrected chi connectivity index (χ0v) is 13.7. The van der Waals surface area contributed by atoms with E-state index in [2.05, 4.69) is 20.9 Å². The van der Waals surface area contributed by atoms with Crippen molar-refractivity contribution in [2.75, 3.05) is 7.11 Å². The van der Waals surface area contributed by atoms with Gasteiger partial charge in [-0.15, -0.1) is 11.3 Å². The molecule has 0 amide bonds. The SMILES string of the molecule is COc1ccc(Br)c(CC(=O)c2cnc3ccsc3c2)c1. The first kappa shape index (κ1) is 14.2. The number of thiophene rings is 1. The summed E-state index contributed by atoms with van der Waals surface area (Å²) in [6.45, 7) is 0. The lowest BCUT2D eigenvalue weighted by molar-refractivity contribution is 0.0992. The Morgan fingerprint density at radius 2 is 2.19 bits per heavy atom. The molecule has 1 aromatic carbocycles. The number of nitrogens with zero attached hydrogens (tertiary/aromatic N) is 1. The number of pyridine rings is 1. The van der Waals surface area contributed by atoms with Gasteiger partial charge in [-0.05, 0) is 41.3 Å². The minimum atomic E-state index is 0.0479. The van der Waals surface area contributed by atoms with Crippen LogP contribution in [-0.4, -0.2) is 17.9 Å². The number of halogens is 1. The van der Waals surface area contributed by atoms with Gasteiger partial charge < -0.3 is 4.74 Å². The number of benzene rings is 1. The molecule has 0 N–H and O–H groups in total. The van der Waals surface area contributed by atoms with E-state index in [0.29, 0.717) is 12.0 Å². The van der Waals surface area contributed by atoms with Crippen molar-refractivity contribution in [3.05, 3.63) is 57.5 Å². The summed E-state index contributed by atoms with van der Waals surface area (Å²) in [5.41, 5.74) is 2.48. The van der Waals surface area contributed by atoms with Crippen LogP contribution in [0.1, 0.15) is 15.9 Å². The lowest BCUT2D eigenvalue weighted by atomic mass is 10.0. The number of Topliss-reactive ketones (excluding diaryl/α,β-unsaturated/α-hetero) is 1. The van der Waals surface area contributed by atoms with Crippen LogP contribution >= 0.6 is 27.3 Å². The molecule has 0 unspecified atom stereocenters. The Kier molecular flexibility index (Phi) is 4.03. The second kappa shape index (κ2) is 5.95. The van der Waals surface area contributed by atoms with Gasteiger partial charge in [-0.1, -0.05) is 15.9 Å². The number of rotatable bonds is 4. The molecular weight excluding hydrogens is 350 g/mol. The summed E-state index contributed by atoms with van der Waals surface area (Å²) in [4.78, 5) is 16.7. The largest absolute Gasteiger partial charge is 0.497 e. The quantitative estimate of drug-likeness (QED) is 0.642. The average molecular weight is 362 g/mol. The van der Waals surface area contributed by atoms with Crippen LogP contribution in [0.2, 0.25) is 0 Å². The van der Waals surface area contributed by atoms with Gasteiger partial charge in [0.05, 0.1) is 17.3 Å². The van der Waals surface area contributed by atoms with E-state index in [0.717, 1.165) is 26.0 Å². The predicted octanol–water partition coefficient (Wildman–Crippen LogP) is 4.49. The lowest BCUT2D eigenvalue weighted by Gasteiger charge is -2.07. The highest BCUT2D eigenvalue weighted by molar-refractivity contribution is 9.10. The molecule has 3 nitrogen and oxygen atoms in total. The van der Waals surface area contributed by atoms with E-state index in [9.17, 15) is 4.79 Å². The average Bonchev–Trinajstić information content (AvgIpc) is 2.96. The Hall–Kier alpha value is -1.72. The summed E-state index contributed by atoms with van der Waals surface area (Å²) < 4.78 is 7.14. The van der Waals surface area contributed by atoms with Gasteiger partial charge in [-0.3, -0.25) is 9.78 Å². The second-order valence-electron chi connectivity index (χ2n) is 4.59. The Morgan fingerprint density at radius 1 is 1.33 bits per heavy atom. The van der Waals surface area contributed by atoms with E-state index in [1.807, 2.05) is 35.7 Å². The molecule has 2 aromatic heterocycles. The molecule has 0 aliphatic rings. The maximum Gasteiger partial charge on any atom is 0.168 e. The van der Waals surface area contributed by atoms with E-state index in [1.54, 1.807) is 24.6 Å². The van der Waals surface area contributed by atoms with Crippen LogP contribution < -0.4 is 4.74 Å².